The van der Waals surface area contributed by atoms with Crippen molar-refractivity contribution in [2.75, 3.05) is 18.5 Å². The van der Waals surface area contributed by atoms with Gasteiger partial charge in [-0.2, -0.15) is 8.75 Å². The van der Waals surface area contributed by atoms with E-state index >= 15 is 0 Å². The van der Waals surface area contributed by atoms with Crippen molar-refractivity contribution in [3.63, 3.8) is 0 Å². The summed E-state index contributed by atoms with van der Waals surface area (Å²) in [6.45, 7) is 2.32. The number of aromatic nitrogens is 2. The Morgan fingerprint density at radius 3 is 3.12 bits per heavy atom. The zero-order valence-electron chi connectivity index (χ0n) is 9.07. The number of benzene rings is 1. The number of anilines is 1. The van der Waals surface area contributed by atoms with Crippen molar-refractivity contribution < 1.29 is 9.53 Å². The molecule has 7 heteroatoms. The van der Waals surface area contributed by atoms with Crippen LogP contribution in [0.25, 0.3) is 11.0 Å². The molecule has 0 atom stereocenters. The molecular formula is C10H10ClN3O2S. The minimum absolute atomic E-state index is 0.000776. The summed E-state index contributed by atoms with van der Waals surface area (Å²) in [5, 5.41) is 3.12. The van der Waals surface area contributed by atoms with E-state index in [1.54, 1.807) is 12.1 Å². The summed E-state index contributed by atoms with van der Waals surface area (Å²) >= 11 is 7.10. The number of hydrogen-bond acceptors (Lipinski definition) is 5. The fraction of sp³-hybridized carbons (Fsp3) is 0.300. The van der Waals surface area contributed by atoms with E-state index in [2.05, 4.69) is 14.1 Å². The molecule has 1 heterocycles. The van der Waals surface area contributed by atoms with Crippen molar-refractivity contribution in [2.24, 2.45) is 0 Å². The second-order valence-electron chi connectivity index (χ2n) is 3.24. The molecule has 1 aromatic heterocycles. The van der Waals surface area contributed by atoms with Crippen LogP contribution in [0.15, 0.2) is 12.1 Å². The van der Waals surface area contributed by atoms with E-state index in [1.807, 2.05) is 6.92 Å². The first kappa shape index (κ1) is 12.2. The molecule has 0 aliphatic carbocycles. The summed E-state index contributed by atoms with van der Waals surface area (Å²) in [7, 11) is 0. The van der Waals surface area contributed by atoms with Gasteiger partial charge in [0.05, 0.1) is 22.4 Å². The topological polar surface area (TPSA) is 64.1 Å². The van der Waals surface area contributed by atoms with Crippen LogP contribution in [-0.2, 0) is 9.53 Å². The number of hydrogen-bond donors (Lipinski definition) is 1. The van der Waals surface area contributed by atoms with Gasteiger partial charge in [0, 0.05) is 6.61 Å². The van der Waals surface area contributed by atoms with Gasteiger partial charge in [0.25, 0.3) is 0 Å². The number of nitrogens with one attached hydrogen (secondary N) is 1. The summed E-state index contributed by atoms with van der Waals surface area (Å²) < 4.78 is 13.2. The summed E-state index contributed by atoms with van der Waals surface area (Å²) in [4.78, 5) is 11.5. The highest BCUT2D eigenvalue weighted by molar-refractivity contribution is 7.00. The van der Waals surface area contributed by atoms with Crippen LogP contribution in [0.3, 0.4) is 0 Å². The van der Waals surface area contributed by atoms with E-state index in [0.717, 1.165) is 11.7 Å². The van der Waals surface area contributed by atoms with Crippen LogP contribution in [0.1, 0.15) is 6.92 Å². The molecule has 2 aromatic rings. The maximum absolute atomic E-state index is 11.5. The van der Waals surface area contributed by atoms with E-state index in [1.165, 1.54) is 0 Å². The van der Waals surface area contributed by atoms with Crippen molar-refractivity contribution in [1.29, 1.82) is 0 Å². The van der Waals surface area contributed by atoms with Crippen LogP contribution >= 0.6 is 23.3 Å². The number of ether oxygens (including phenoxy) is 1. The first-order valence-electron chi connectivity index (χ1n) is 5.00. The van der Waals surface area contributed by atoms with Gasteiger partial charge in [0.2, 0.25) is 5.91 Å². The Morgan fingerprint density at radius 1 is 1.53 bits per heavy atom. The van der Waals surface area contributed by atoms with Gasteiger partial charge < -0.3 is 10.1 Å². The molecule has 2 rings (SSSR count). The standard InChI is InChI=1S/C10H10ClN3O2S/c1-2-16-5-8(15)12-9-6(11)3-4-7-10(9)14-17-13-7/h3-4H,2,5H2,1H3,(H,12,15). The normalized spacial score (nSPS) is 10.7. The molecule has 0 unspecified atom stereocenters. The van der Waals surface area contributed by atoms with Crippen molar-refractivity contribution in [1.82, 2.24) is 8.75 Å². The maximum atomic E-state index is 11.5. The number of carbonyl (C=O) groups excluding carboxylic acids is 1. The molecule has 0 aliphatic heterocycles. The SMILES string of the molecule is CCOCC(=O)Nc1c(Cl)ccc2nsnc12. The molecule has 90 valence electrons. The molecule has 1 aromatic carbocycles. The number of nitrogens with zero attached hydrogens (tertiary/aromatic N) is 2. The molecule has 0 saturated carbocycles. The predicted molar refractivity (Wildman–Crippen MR) is 67.5 cm³/mol. The highest BCUT2D eigenvalue weighted by atomic mass is 35.5. The first-order chi connectivity index (χ1) is 8.22. The highest BCUT2D eigenvalue weighted by Crippen LogP contribution is 2.29. The summed E-state index contributed by atoms with van der Waals surface area (Å²) in [6.07, 6.45) is 0. The minimum atomic E-state index is -0.255. The van der Waals surface area contributed by atoms with Gasteiger partial charge in [-0.1, -0.05) is 11.6 Å². The number of amides is 1. The second-order valence-corrected chi connectivity index (χ2v) is 4.18. The Balaban J connectivity index is 2.25. The van der Waals surface area contributed by atoms with Crippen LogP contribution in [-0.4, -0.2) is 27.9 Å². The van der Waals surface area contributed by atoms with E-state index in [-0.39, 0.29) is 12.5 Å². The van der Waals surface area contributed by atoms with E-state index in [9.17, 15) is 4.79 Å². The van der Waals surface area contributed by atoms with Crippen LogP contribution in [0.5, 0.6) is 0 Å². The van der Waals surface area contributed by atoms with Crippen LogP contribution < -0.4 is 5.32 Å². The van der Waals surface area contributed by atoms with Crippen LogP contribution in [0.4, 0.5) is 5.69 Å². The zero-order valence-corrected chi connectivity index (χ0v) is 10.6. The molecule has 0 aliphatic rings. The lowest BCUT2D eigenvalue weighted by molar-refractivity contribution is -0.120. The van der Waals surface area contributed by atoms with E-state index in [0.29, 0.717) is 28.4 Å². The Morgan fingerprint density at radius 2 is 2.35 bits per heavy atom. The van der Waals surface area contributed by atoms with Crippen LogP contribution in [0, 0.1) is 0 Å². The highest BCUT2D eigenvalue weighted by Gasteiger charge is 2.12. The quantitative estimate of drug-likeness (QED) is 0.927. The van der Waals surface area contributed by atoms with E-state index < -0.39 is 0 Å². The first-order valence-corrected chi connectivity index (χ1v) is 6.11. The summed E-state index contributed by atoms with van der Waals surface area (Å²) in [6, 6.07) is 3.45. The third kappa shape index (κ3) is 2.71. The largest absolute Gasteiger partial charge is 0.372 e. The molecule has 0 spiro atoms. The lowest BCUT2D eigenvalue weighted by Crippen LogP contribution is -2.18. The average molecular weight is 272 g/mol. The summed E-state index contributed by atoms with van der Waals surface area (Å²) in [5.41, 5.74) is 1.81. The molecule has 1 N–H and O–H groups in total. The molecule has 1 amide bonds. The molecule has 0 saturated heterocycles. The fourth-order valence-electron chi connectivity index (χ4n) is 1.32. The third-order valence-corrected chi connectivity index (χ3v) is 2.94. The lowest BCUT2D eigenvalue weighted by Gasteiger charge is -2.07. The average Bonchev–Trinajstić information content (AvgIpc) is 2.78. The molecular weight excluding hydrogens is 262 g/mol. The van der Waals surface area contributed by atoms with Crippen molar-refractivity contribution in [3.05, 3.63) is 17.2 Å². The van der Waals surface area contributed by atoms with E-state index in [4.69, 9.17) is 16.3 Å². The van der Waals surface area contributed by atoms with Gasteiger partial charge in [-0.15, -0.1) is 0 Å². The molecule has 0 bridgehead atoms. The number of carbonyl (C=O) groups is 1. The van der Waals surface area contributed by atoms with Gasteiger partial charge in [0.15, 0.2) is 0 Å². The Labute approximate surface area is 107 Å². The van der Waals surface area contributed by atoms with Gasteiger partial charge in [-0.25, -0.2) is 0 Å². The minimum Gasteiger partial charge on any atom is -0.372 e. The van der Waals surface area contributed by atoms with Crippen molar-refractivity contribution >= 4 is 46.0 Å². The zero-order chi connectivity index (χ0) is 12.3. The fourth-order valence-corrected chi connectivity index (χ4v) is 2.06. The summed E-state index contributed by atoms with van der Waals surface area (Å²) in [5.74, 6) is -0.255. The molecule has 0 radical (unpaired) electrons. The monoisotopic (exact) mass is 271 g/mol. The third-order valence-electron chi connectivity index (χ3n) is 2.08. The Kier molecular flexibility index (Phi) is 3.88. The van der Waals surface area contributed by atoms with Crippen molar-refractivity contribution in [2.45, 2.75) is 6.92 Å². The van der Waals surface area contributed by atoms with Gasteiger partial charge in [-0.3, -0.25) is 4.79 Å². The predicted octanol–water partition coefficient (Wildman–Crippen LogP) is 2.32. The van der Waals surface area contributed by atoms with Crippen molar-refractivity contribution in [3.8, 4) is 0 Å². The number of fused-ring (bicyclic) bond motifs is 1. The maximum Gasteiger partial charge on any atom is 0.250 e. The number of halogens is 1. The second kappa shape index (κ2) is 5.39. The molecule has 17 heavy (non-hydrogen) atoms. The molecule has 0 fully saturated rings. The lowest BCUT2D eigenvalue weighted by atomic mass is 10.2. The Hall–Kier alpha value is -1.24. The molecule has 5 nitrogen and oxygen atoms in total. The van der Waals surface area contributed by atoms with Gasteiger partial charge in [-0.05, 0) is 19.1 Å². The Bertz CT molecular complexity index is 543. The van der Waals surface area contributed by atoms with Gasteiger partial charge >= 0.3 is 0 Å². The van der Waals surface area contributed by atoms with Gasteiger partial charge in [0.1, 0.15) is 17.6 Å². The van der Waals surface area contributed by atoms with Crippen LogP contribution in [0.2, 0.25) is 5.02 Å². The smallest absolute Gasteiger partial charge is 0.250 e. The number of rotatable bonds is 4.